The van der Waals surface area contributed by atoms with Crippen LogP contribution in [-0.4, -0.2) is 66.8 Å². The Morgan fingerprint density at radius 1 is 1.43 bits per heavy atom. The Hall–Kier alpha value is -2.11. The van der Waals surface area contributed by atoms with Crippen molar-refractivity contribution in [2.75, 3.05) is 32.8 Å². The number of morpholine rings is 1. The molecule has 0 spiro atoms. The maximum Gasteiger partial charge on any atom is 0.413 e. The van der Waals surface area contributed by atoms with E-state index in [0.29, 0.717) is 13.1 Å². The van der Waals surface area contributed by atoms with Gasteiger partial charge in [-0.15, -0.1) is 0 Å². The highest BCUT2D eigenvalue weighted by molar-refractivity contribution is 5.97. The molecule has 2 amide bonds. The Morgan fingerprint density at radius 3 is 2.52 bits per heavy atom. The van der Waals surface area contributed by atoms with E-state index >= 15 is 0 Å². The molecule has 23 heavy (non-hydrogen) atoms. The first kappa shape index (κ1) is 18.9. The molecule has 1 aliphatic heterocycles. The molecule has 1 aliphatic rings. The summed E-state index contributed by atoms with van der Waals surface area (Å²) in [6.07, 6.45) is 0.362. The predicted molar refractivity (Wildman–Crippen MR) is 83.1 cm³/mol. The fourth-order valence-electron chi connectivity index (χ4n) is 2.36. The van der Waals surface area contributed by atoms with Crippen molar-refractivity contribution < 1.29 is 19.1 Å². The molecule has 2 N–H and O–H groups in total. The van der Waals surface area contributed by atoms with Crippen LogP contribution in [0.2, 0.25) is 0 Å². The van der Waals surface area contributed by atoms with Gasteiger partial charge in [-0.2, -0.15) is 5.26 Å². The van der Waals surface area contributed by atoms with Crippen molar-refractivity contribution in [3.8, 4) is 6.07 Å². The van der Waals surface area contributed by atoms with Crippen molar-refractivity contribution in [1.29, 1.82) is 5.26 Å². The molecule has 0 aliphatic carbocycles. The van der Waals surface area contributed by atoms with Crippen LogP contribution in [-0.2, 0) is 14.3 Å². The van der Waals surface area contributed by atoms with E-state index in [1.165, 1.54) is 6.20 Å². The van der Waals surface area contributed by atoms with Crippen LogP contribution in [0.3, 0.4) is 0 Å². The smallest absolute Gasteiger partial charge is 0.413 e. The van der Waals surface area contributed by atoms with Gasteiger partial charge >= 0.3 is 6.09 Å². The van der Waals surface area contributed by atoms with Gasteiger partial charge in [0.2, 0.25) is 0 Å². The molecular formula is C15H24N4O4. The molecule has 8 nitrogen and oxygen atoms in total. The van der Waals surface area contributed by atoms with Crippen molar-refractivity contribution >= 4 is 12.0 Å². The van der Waals surface area contributed by atoms with Crippen LogP contribution in [0.5, 0.6) is 0 Å². The third-order valence-electron chi connectivity index (χ3n) is 3.21. The number of hydrogen-bond acceptors (Lipinski definition) is 6. The summed E-state index contributed by atoms with van der Waals surface area (Å²) in [6, 6.07) is 1.85. The number of ether oxygens (including phenoxy) is 2. The Bertz CT molecular complexity index is 490. The summed E-state index contributed by atoms with van der Waals surface area (Å²) < 4.78 is 10.5. The summed E-state index contributed by atoms with van der Waals surface area (Å²) >= 11 is 0. The minimum atomic E-state index is -0.637. The highest BCUT2D eigenvalue weighted by Gasteiger charge is 2.28. The monoisotopic (exact) mass is 324 g/mol. The highest BCUT2D eigenvalue weighted by Crippen LogP contribution is 2.14. The summed E-state index contributed by atoms with van der Waals surface area (Å²) in [5, 5.41) is 9.28. The lowest BCUT2D eigenvalue weighted by molar-refractivity contribution is -0.138. The SMILES string of the molecule is CCOC(=O)N(/C=C(/C#N)C(=O)N1CC(C)OC(C)C1)CCN. The molecule has 2 atom stereocenters. The Labute approximate surface area is 136 Å². The van der Waals surface area contributed by atoms with Crippen LogP contribution in [0, 0.1) is 11.3 Å². The van der Waals surface area contributed by atoms with Gasteiger partial charge in [0, 0.05) is 32.4 Å². The number of hydrogen-bond donors (Lipinski definition) is 1. The molecule has 0 aromatic rings. The molecule has 1 heterocycles. The lowest BCUT2D eigenvalue weighted by atomic mass is 10.2. The number of amides is 2. The summed E-state index contributed by atoms with van der Waals surface area (Å²) in [5.41, 5.74) is 5.33. The van der Waals surface area contributed by atoms with Gasteiger partial charge in [-0.1, -0.05) is 0 Å². The van der Waals surface area contributed by atoms with Crippen LogP contribution in [0.15, 0.2) is 11.8 Å². The fraction of sp³-hybridized carbons (Fsp3) is 0.667. The predicted octanol–water partition coefficient (Wildman–Crippen LogP) is 0.447. The lowest BCUT2D eigenvalue weighted by Crippen LogP contribution is -2.48. The first-order chi connectivity index (χ1) is 10.9. The largest absolute Gasteiger partial charge is 0.449 e. The normalized spacial score (nSPS) is 21.5. The standard InChI is InChI=1S/C15H24N4O4/c1-4-22-15(21)18(6-5-16)10-13(7-17)14(20)19-8-11(2)23-12(3)9-19/h10-12H,4-6,8-9,16H2,1-3H3/b13-10-. The average Bonchev–Trinajstić information content (AvgIpc) is 2.50. The molecule has 0 radical (unpaired) electrons. The molecule has 2 unspecified atom stereocenters. The molecule has 128 valence electrons. The Kier molecular flexibility index (Phi) is 7.51. The maximum absolute atomic E-state index is 12.5. The first-order valence-corrected chi connectivity index (χ1v) is 7.63. The molecule has 0 aromatic heterocycles. The molecule has 0 bridgehead atoms. The second-order valence-electron chi connectivity index (χ2n) is 5.30. The van der Waals surface area contributed by atoms with Crippen molar-refractivity contribution in [3.63, 3.8) is 0 Å². The molecule has 0 saturated carbocycles. The third-order valence-corrected chi connectivity index (χ3v) is 3.21. The van der Waals surface area contributed by atoms with E-state index in [0.717, 1.165) is 4.90 Å². The topological polar surface area (TPSA) is 109 Å². The Morgan fingerprint density at radius 2 is 2.04 bits per heavy atom. The number of nitrogens with two attached hydrogens (primary N) is 1. The van der Waals surface area contributed by atoms with Gasteiger partial charge in [-0.25, -0.2) is 4.79 Å². The zero-order valence-electron chi connectivity index (χ0n) is 13.8. The van der Waals surface area contributed by atoms with Gasteiger partial charge in [0.05, 0.1) is 18.8 Å². The van der Waals surface area contributed by atoms with E-state index in [2.05, 4.69) is 0 Å². The minimum absolute atomic E-state index is 0.104. The number of carbonyl (C=O) groups excluding carboxylic acids is 2. The average molecular weight is 324 g/mol. The second kappa shape index (κ2) is 9.12. The van der Waals surface area contributed by atoms with Gasteiger partial charge in [0.25, 0.3) is 5.91 Å². The van der Waals surface area contributed by atoms with Crippen LogP contribution in [0.1, 0.15) is 20.8 Å². The fourth-order valence-corrected chi connectivity index (χ4v) is 2.36. The molecular weight excluding hydrogens is 300 g/mol. The number of carbonyl (C=O) groups is 2. The zero-order chi connectivity index (χ0) is 17.4. The van der Waals surface area contributed by atoms with E-state index in [1.807, 2.05) is 19.9 Å². The van der Waals surface area contributed by atoms with Crippen molar-refractivity contribution in [3.05, 3.63) is 11.8 Å². The van der Waals surface area contributed by atoms with Gasteiger partial charge in [0.1, 0.15) is 11.6 Å². The molecule has 1 rings (SSSR count). The van der Waals surface area contributed by atoms with E-state index in [4.69, 9.17) is 15.2 Å². The van der Waals surface area contributed by atoms with Gasteiger partial charge < -0.3 is 20.1 Å². The highest BCUT2D eigenvalue weighted by atomic mass is 16.6. The van der Waals surface area contributed by atoms with Crippen molar-refractivity contribution in [2.24, 2.45) is 5.73 Å². The molecule has 1 fully saturated rings. The van der Waals surface area contributed by atoms with E-state index in [9.17, 15) is 14.9 Å². The summed E-state index contributed by atoms with van der Waals surface area (Å²) in [4.78, 5) is 27.0. The number of nitrogens with zero attached hydrogens (tertiary/aromatic N) is 3. The van der Waals surface area contributed by atoms with Gasteiger partial charge in [-0.05, 0) is 20.8 Å². The van der Waals surface area contributed by atoms with E-state index in [1.54, 1.807) is 11.8 Å². The summed E-state index contributed by atoms with van der Waals surface area (Å²) in [6.45, 7) is 6.76. The van der Waals surface area contributed by atoms with Crippen LogP contribution in [0.25, 0.3) is 0 Å². The van der Waals surface area contributed by atoms with Crippen LogP contribution >= 0.6 is 0 Å². The minimum Gasteiger partial charge on any atom is -0.449 e. The first-order valence-electron chi connectivity index (χ1n) is 7.63. The second-order valence-corrected chi connectivity index (χ2v) is 5.30. The molecule has 1 saturated heterocycles. The third kappa shape index (κ3) is 5.54. The Balaban J connectivity index is 2.92. The van der Waals surface area contributed by atoms with Crippen molar-refractivity contribution in [2.45, 2.75) is 33.0 Å². The van der Waals surface area contributed by atoms with Crippen LogP contribution < -0.4 is 5.73 Å². The zero-order valence-corrected chi connectivity index (χ0v) is 13.8. The lowest BCUT2D eigenvalue weighted by Gasteiger charge is -2.35. The maximum atomic E-state index is 12.5. The van der Waals surface area contributed by atoms with Crippen molar-refractivity contribution in [1.82, 2.24) is 9.80 Å². The van der Waals surface area contributed by atoms with Crippen LogP contribution in [0.4, 0.5) is 4.79 Å². The number of rotatable bonds is 5. The quantitative estimate of drug-likeness (QED) is 0.581. The summed E-state index contributed by atoms with van der Waals surface area (Å²) in [5.74, 6) is -0.430. The van der Waals surface area contributed by atoms with E-state index < -0.39 is 12.0 Å². The molecule has 8 heteroatoms. The number of nitriles is 1. The van der Waals surface area contributed by atoms with Gasteiger partial charge in [-0.3, -0.25) is 9.69 Å². The van der Waals surface area contributed by atoms with E-state index in [-0.39, 0.29) is 37.5 Å². The summed E-state index contributed by atoms with van der Waals surface area (Å²) in [7, 11) is 0. The van der Waals surface area contributed by atoms with Gasteiger partial charge in [0.15, 0.2) is 0 Å². The molecule has 0 aromatic carbocycles.